The third-order valence-corrected chi connectivity index (χ3v) is 5.32. The zero-order valence-corrected chi connectivity index (χ0v) is 15.9. The highest BCUT2D eigenvalue weighted by atomic mass is 32.1. The maximum absolute atomic E-state index is 10.6. The van der Waals surface area contributed by atoms with Crippen LogP contribution in [-0.2, 0) is 11.8 Å². The number of pyridine rings is 1. The first-order valence-corrected chi connectivity index (χ1v) is 9.32. The number of aliphatic hydroxyl groups excluding tert-OH is 1. The summed E-state index contributed by atoms with van der Waals surface area (Å²) >= 11 is 1.49. The Morgan fingerprint density at radius 3 is 2.68 bits per heavy atom. The molecule has 0 spiro atoms. The van der Waals surface area contributed by atoms with Gasteiger partial charge in [0.15, 0.2) is 0 Å². The van der Waals surface area contributed by atoms with Crippen LogP contribution in [0.15, 0.2) is 35.5 Å². The molecule has 25 heavy (non-hydrogen) atoms. The smallest absolute Gasteiger partial charge is 0.135 e. The van der Waals surface area contributed by atoms with Crippen LogP contribution in [0.5, 0.6) is 0 Å². The minimum atomic E-state index is -0.215. The largest absolute Gasteiger partial charge is 0.509 e. The van der Waals surface area contributed by atoms with E-state index in [9.17, 15) is 5.11 Å². The molecule has 2 N–H and O–H groups in total. The van der Waals surface area contributed by atoms with E-state index >= 15 is 0 Å². The Balaban J connectivity index is 1.79. The van der Waals surface area contributed by atoms with Gasteiger partial charge < -0.3 is 10.0 Å². The Kier molecular flexibility index (Phi) is 4.64. The van der Waals surface area contributed by atoms with Gasteiger partial charge in [-0.2, -0.15) is 0 Å². The maximum atomic E-state index is 10.6. The number of aliphatic hydroxyl groups is 1. The van der Waals surface area contributed by atoms with E-state index in [4.69, 9.17) is 5.41 Å². The van der Waals surface area contributed by atoms with Gasteiger partial charge in [0.1, 0.15) is 16.6 Å². The lowest BCUT2D eigenvalue weighted by atomic mass is 9.93. The Morgan fingerprint density at radius 2 is 2.08 bits per heavy atom. The highest BCUT2D eigenvalue weighted by Gasteiger charge is 2.36. The topological polar surface area (TPSA) is 73.1 Å². The van der Waals surface area contributed by atoms with Crippen molar-refractivity contribution in [3.8, 4) is 0 Å². The summed E-state index contributed by atoms with van der Waals surface area (Å²) in [5.74, 6) is 0.580. The van der Waals surface area contributed by atoms with Crippen molar-refractivity contribution in [2.24, 2.45) is 0 Å². The van der Waals surface area contributed by atoms with Gasteiger partial charge in [-0.25, -0.2) is 4.98 Å². The molecule has 0 saturated carbocycles. The molecule has 1 atom stereocenters. The van der Waals surface area contributed by atoms with Crippen molar-refractivity contribution in [1.82, 2.24) is 14.9 Å². The van der Waals surface area contributed by atoms with Crippen molar-refractivity contribution in [3.05, 3.63) is 51.9 Å². The first-order valence-electron chi connectivity index (χ1n) is 8.44. The Morgan fingerprint density at radius 1 is 1.32 bits per heavy atom. The highest BCUT2D eigenvalue weighted by Crippen LogP contribution is 2.35. The van der Waals surface area contributed by atoms with E-state index in [-0.39, 0.29) is 17.2 Å². The second kappa shape index (κ2) is 6.59. The van der Waals surface area contributed by atoms with Crippen LogP contribution in [0.2, 0.25) is 0 Å². The second-order valence-electron chi connectivity index (χ2n) is 7.34. The summed E-state index contributed by atoms with van der Waals surface area (Å²) in [6, 6.07) is 5.62. The molecule has 0 aromatic carbocycles. The third-order valence-electron chi connectivity index (χ3n) is 4.46. The van der Waals surface area contributed by atoms with Crippen molar-refractivity contribution in [2.75, 3.05) is 6.54 Å². The van der Waals surface area contributed by atoms with Crippen LogP contribution in [-0.4, -0.2) is 38.4 Å². The molecule has 2 aromatic heterocycles. The summed E-state index contributed by atoms with van der Waals surface area (Å²) in [6.07, 6.45) is 2.51. The van der Waals surface area contributed by atoms with E-state index < -0.39 is 0 Å². The maximum Gasteiger partial charge on any atom is 0.135 e. The second-order valence-corrected chi connectivity index (χ2v) is 8.20. The van der Waals surface area contributed by atoms with Gasteiger partial charge in [-0.3, -0.25) is 10.4 Å². The lowest BCUT2D eigenvalue weighted by Crippen LogP contribution is -2.35. The molecule has 3 heterocycles. The van der Waals surface area contributed by atoms with Gasteiger partial charge in [0.05, 0.1) is 17.3 Å². The van der Waals surface area contributed by atoms with Crippen LogP contribution in [0.4, 0.5) is 0 Å². The molecule has 3 rings (SSSR count). The van der Waals surface area contributed by atoms with E-state index in [0.717, 1.165) is 22.8 Å². The molecule has 0 fully saturated rings. The minimum absolute atomic E-state index is 0.0456. The van der Waals surface area contributed by atoms with Crippen molar-refractivity contribution < 1.29 is 5.11 Å². The molecular weight excluding hydrogens is 332 g/mol. The molecule has 0 aliphatic carbocycles. The van der Waals surface area contributed by atoms with Crippen molar-refractivity contribution in [2.45, 2.75) is 45.6 Å². The fraction of sp³-hybridized carbons (Fsp3) is 0.421. The molecule has 0 saturated heterocycles. The van der Waals surface area contributed by atoms with E-state index in [1.165, 1.54) is 11.3 Å². The lowest BCUT2D eigenvalue weighted by molar-refractivity contribution is 0.287. The molecular formula is C19H24N4OS. The zero-order chi connectivity index (χ0) is 18.2. The summed E-state index contributed by atoms with van der Waals surface area (Å²) in [6.45, 7) is 8.90. The average molecular weight is 356 g/mol. The molecule has 1 aliphatic rings. The van der Waals surface area contributed by atoms with E-state index in [0.29, 0.717) is 18.0 Å². The molecule has 1 aliphatic heterocycles. The molecule has 0 radical (unpaired) electrons. The van der Waals surface area contributed by atoms with E-state index in [1.807, 2.05) is 35.4 Å². The molecule has 2 aromatic rings. The van der Waals surface area contributed by atoms with E-state index in [1.54, 1.807) is 6.20 Å². The first kappa shape index (κ1) is 17.6. The molecule has 132 valence electrons. The lowest BCUT2D eigenvalue weighted by Gasteiger charge is -2.23. The zero-order valence-electron chi connectivity index (χ0n) is 15.1. The van der Waals surface area contributed by atoms with Crippen LogP contribution in [0.3, 0.4) is 0 Å². The highest BCUT2D eigenvalue weighted by molar-refractivity contribution is 7.11. The van der Waals surface area contributed by atoms with Crippen LogP contribution in [0.25, 0.3) is 5.57 Å². The molecule has 0 bridgehead atoms. The Hall–Kier alpha value is -2.21. The number of thiazole rings is 1. The van der Waals surface area contributed by atoms with Gasteiger partial charge in [0.2, 0.25) is 0 Å². The van der Waals surface area contributed by atoms with Gasteiger partial charge >= 0.3 is 0 Å². The molecule has 0 amide bonds. The van der Waals surface area contributed by atoms with Crippen LogP contribution in [0, 0.1) is 5.41 Å². The van der Waals surface area contributed by atoms with Gasteiger partial charge in [-0.1, -0.05) is 26.8 Å². The molecule has 6 heteroatoms. The summed E-state index contributed by atoms with van der Waals surface area (Å²) in [5, 5.41) is 21.9. The van der Waals surface area contributed by atoms with Gasteiger partial charge in [0.25, 0.3) is 0 Å². The van der Waals surface area contributed by atoms with Crippen LogP contribution < -0.4 is 0 Å². The number of amidine groups is 1. The summed E-state index contributed by atoms with van der Waals surface area (Å²) in [7, 11) is 0. The Labute approximate surface area is 152 Å². The number of nitrogens with one attached hydrogen (secondary N) is 1. The number of rotatable bonds is 4. The number of nitrogens with zero attached hydrogens (tertiary/aromatic N) is 3. The summed E-state index contributed by atoms with van der Waals surface area (Å²) in [4.78, 5) is 10.9. The summed E-state index contributed by atoms with van der Waals surface area (Å²) in [5.41, 5.74) is 2.49. The van der Waals surface area contributed by atoms with Crippen LogP contribution >= 0.6 is 11.3 Å². The van der Waals surface area contributed by atoms with Crippen molar-refractivity contribution in [1.29, 1.82) is 5.41 Å². The van der Waals surface area contributed by atoms with Gasteiger partial charge in [-0.15, -0.1) is 11.3 Å². The van der Waals surface area contributed by atoms with E-state index in [2.05, 4.69) is 30.7 Å². The van der Waals surface area contributed by atoms with Gasteiger partial charge in [-0.05, 0) is 19.1 Å². The normalized spacial score (nSPS) is 18.3. The standard InChI is InChI=1S/C19H24N4OS/c1-12-16(24)15(18-22-14(11-25-18)19(2,3)4)17(20)23(12)10-8-13-7-5-6-9-21-13/h5-7,9,11-12,20,24H,8,10H2,1-4H3. The fourth-order valence-corrected chi connectivity index (χ4v) is 3.95. The predicted octanol–water partition coefficient (Wildman–Crippen LogP) is 4.03. The quantitative estimate of drug-likeness (QED) is 0.867. The predicted molar refractivity (Wildman–Crippen MR) is 102 cm³/mol. The van der Waals surface area contributed by atoms with Crippen molar-refractivity contribution >= 4 is 22.7 Å². The number of aromatic nitrogens is 2. The monoisotopic (exact) mass is 356 g/mol. The number of hydrogen-bond acceptors (Lipinski definition) is 5. The third kappa shape index (κ3) is 3.44. The SMILES string of the molecule is CC1C(O)=C(c2nc(C(C)(C)C)cs2)C(=N)N1CCc1ccccn1. The first-order chi connectivity index (χ1) is 11.8. The fourth-order valence-electron chi connectivity index (χ4n) is 2.85. The minimum Gasteiger partial charge on any atom is -0.509 e. The van der Waals surface area contributed by atoms with Crippen LogP contribution in [0.1, 0.15) is 44.1 Å². The van der Waals surface area contributed by atoms with Gasteiger partial charge in [0, 0.05) is 35.7 Å². The molecule has 5 nitrogen and oxygen atoms in total. The Bertz CT molecular complexity index is 804. The van der Waals surface area contributed by atoms with Crippen molar-refractivity contribution in [3.63, 3.8) is 0 Å². The summed E-state index contributed by atoms with van der Waals surface area (Å²) < 4.78 is 0. The molecule has 1 unspecified atom stereocenters. The average Bonchev–Trinajstić information content (AvgIpc) is 3.12. The number of hydrogen-bond donors (Lipinski definition) is 2.